The van der Waals surface area contributed by atoms with Crippen molar-refractivity contribution in [2.75, 3.05) is 32.6 Å². The van der Waals surface area contributed by atoms with E-state index >= 15 is 0 Å². The Kier molecular flexibility index (Phi) is 8.48. The minimum atomic E-state index is -1.33. The van der Waals surface area contributed by atoms with Gasteiger partial charge in [-0.25, -0.2) is 4.79 Å². The highest BCUT2D eigenvalue weighted by Crippen LogP contribution is 2.17. The van der Waals surface area contributed by atoms with E-state index in [1.54, 1.807) is 42.5 Å². The van der Waals surface area contributed by atoms with Gasteiger partial charge in [-0.3, -0.25) is 9.00 Å². The molecule has 1 atom stereocenters. The number of ether oxygens (including phenoxy) is 3. The zero-order chi connectivity index (χ0) is 20.4. The lowest BCUT2D eigenvalue weighted by Gasteiger charge is -2.10. The van der Waals surface area contributed by atoms with Gasteiger partial charge < -0.3 is 19.5 Å². The van der Waals surface area contributed by atoms with Gasteiger partial charge in [0.2, 0.25) is 0 Å². The first kappa shape index (κ1) is 21.4. The Balaban J connectivity index is 1.70. The third-order valence-corrected chi connectivity index (χ3v) is 4.55. The summed E-state index contributed by atoms with van der Waals surface area (Å²) in [6.45, 7) is 2.61. The molecule has 7 nitrogen and oxygen atoms in total. The van der Waals surface area contributed by atoms with Crippen LogP contribution in [0.1, 0.15) is 17.3 Å². The maximum atomic E-state index is 12.1. The van der Waals surface area contributed by atoms with Crippen molar-refractivity contribution in [3.05, 3.63) is 54.1 Å². The molecule has 0 saturated carbocycles. The van der Waals surface area contributed by atoms with E-state index in [0.717, 1.165) is 5.75 Å². The van der Waals surface area contributed by atoms with E-state index in [2.05, 4.69) is 5.32 Å². The fraction of sp³-hybridized carbons (Fsp3) is 0.300. The fourth-order valence-corrected chi connectivity index (χ4v) is 3.04. The van der Waals surface area contributed by atoms with Gasteiger partial charge in [0, 0.05) is 6.26 Å². The SMILES string of the molecule is CCOc1ccc(OCCNC(=O)COC(=O)c2ccccc2[S@@](C)=O)cc1. The minimum absolute atomic E-state index is 0.190. The summed E-state index contributed by atoms with van der Waals surface area (Å²) in [6.07, 6.45) is 1.48. The highest BCUT2D eigenvalue weighted by Gasteiger charge is 2.15. The van der Waals surface area contributed by atoms with Crippen molar-refractivity contribution in [3.8, 4) is 11.5 Å². The zero-order valence-corrected chi connectivity index (χ0v) is 16.6. The molecule has 8 heteroatoms. The number of esters is 1. The monoisotopic (exact) mass is 405 g/mol. The van der Waals surface area contributed by atoms with Crippen molar-refractivity contribution in [2.24, 2.45) is 0 Å². The molecule has 0 aliphatic carbocycles. The second kappa shape index (κ2) is 11.1. The molecule has 0 fully saturated rings. The van der Waals surface area contributed by atoms with Gasteiger partial charge in [0.25, 0.3) is 5.91 Å². The number of nitrogens with one attached hydrogen (secondary N) is 1. The lowest BCUT2D eigenvalue weighted by Crippen LogP contribution is -2.32. The van der Waals surface area contributed by atoms with Crippen LogP contribution >= 0.6 is 0 Å². The molecule has 1 N–H and O–H groups in total. The largest absolute Gasteiger partial charge is 0.494 e. The maximum absolute atomic E-state index is 12.1. The Morgan fingerprint density at radius 1 is 1.00 bits per heavy atom. The highest BCUT2D eigenvalue weighted by molar-refractivity contribution is 7.84. The molecule has 2 rings (SSSR count). The molecule has 0 unspecified atom stereocenters. The molecule has 0 aliphatic heterocycles. The Morgan fingerprint density at radius 2 is 1.64 bits per heavy atom. The van der Waals surface area contributed by atoms with E-state index in [9.17, 15) is 13.8 Å². The number of amides is 1. The van der Waals surface area contributed by atoms with Gasteiger partial charge >= 0.3 is 5.97 Å². The predicted molar refractivity (Wildman–Crippen MR) is 105 cm³/mol. The summed E-state index contributed by atoms with van der Waals surface area (Å²) in [5.41, 5.74) is 0.190. The quantitative estimate of drug-likeness (QED) is 0.481. The molecular formula is C20H23NO6S. The van der Waals surface area contributed by atoms with Gasteiger partial charge in [-0.2, -0.15) is 0 Å². The van der Waals surface area contributed by atoms with Crippen LogP contribution in [0.15, 0.2) is 53.4 Å². The first-order valence-corrected chi connectivity index (χ1v) is 10.3. The van der Waals surface area contributed by atoms with Crippen molar-refractivity contribution in [1.82, 2.24) is 5.32 Å². The maximum Gasteiger partial charge on any atom is 0.339 e. The van der Waals surface area contributed by atoms with Crippen molar-refractivity contribution in [1.29, 1.82) is 0 Å². The lowest BCUT2D eigenvalue weighted by atomic mass is 10.2. The van der Waals surface area contributed by atoms with E-state index in [0.29, 0.717) is 17.3 Å². The van der Waals surface area contributed by atoms with Crippen LogP contribution in [0.5, 0.6) is 11.5 Å². The number of benzene rings is 2. The molecule has 28 heavy (non-hydrogen) atoms. The average Bonchev–Trinajstić information content (AvgIpc) is 2.70. The normalized spacial score (nSPS) is 11.4. The fourth-order valence-electron chi connectivity index (χ4n) is 2.30. The minimum Gasteiger partial charge on any atom is -0.494 e. The van der Waals surface area contributed by atoms with Crippen LogP contribution in [-0.2, 0) is 20.3 Å². The molecular weight excluding hydrogens is 382 g/mol. The summed E-state index contributed by atoms with van der Waals surface area (Å²) in [7, 11) is -1.33. The van der Waals surface area contributed by atoms with E-state index in [1.807, 2.05) is 6.92 Å². The lowest BCUT2D eigenvalue weighted by molar-refractivity contribution is -0.124. The standard InChI is InChI=1S/C20H23NO6S/c1-3-25-15-8-10-16(11-9-15)26-13-12-21-19(22)14-27-20(23)17-6-4-5-7-18(17)28(2)24/h4-11H,3,12-14H2,1-2H3,(H,21,22)/t28-/m1/s1. The van der Waals surface area contributed by atoms with Gasteiger partial charge in [0.1, 0.15) is 18.1 Å². The highest BCUT2D eigenvalue weighted by atomic mass is 32.2. The van der Waals surface area contributed by atoms with Crippen LogP contribution in [0.3, 0.4) is 0 Å². The van der Waals surface area contributed by atoms with Gasteiger partial charge in [0.05, 0.1) is 34.4 Å². The number of carbonyl (C=O) groups excluding carboxylic acids is 2. The average molecular weight is 405 g/mol. The Hall–Kier alpha value is -2.87. The number of hydrogen-bond acceptors (Lipinski definition) is 6. The summed E-state index contributed by atoms with van der Waals surface area (Å²) in [4.78, 5) is 24.3. The second-order valence-corrected chi connectivity index (χ2v) is 6.98. The molecule has 0 aromatic heterocycles. The topological polar surface area (TPSA) is 90.9 Å². The summed E-state index contributed by atoms with van der Waals surface area (Å²) >= 11 is 0. The van der Waals surface area contributed by atoms with E-state index in [1.165, 1.54) is 12.3 Å². The van der Waals surface area contributed by atoms with Gasteiger partial charge in [-0.05, 0) is 43.3 Å². The molecule has 2 aromatic rings. The van der Waals surface area contributed by atoms with Crippen molar-refractivity contribution in [2.45, 2.75) is 11.8 Å². The predicted octanol–water partition coefficient (Wildman–Crippen LogP) is 2.17. The smallest absolute Gasteiger partial charge is 0.339 e. The first-order chi connectivity index (χ1) is 13.5. The first-order valence-electron chi connectivity index (χ1n) is 8.73. The number of hydrogen-bond donors (Lipinski definition) is 1. The molecule has 0 heterocycles. The van der Waals surface area contributed by atoms with Crippen molar-refractivity contribution in [3.63, 3.8) is 0 Å². The van der Waals surface area contributed by atoms with Gasteiger partial charge in [0.15, 0.2) is 6.61 Å². The van der Waals surface area contributed by atoms with E-state index < -0.39 is 29.3 Å². The molecule has 0 aliphatic rings. The molecule has 0 saturated heterocycles. The van der Waals surface area contributed by atoms with Crippen molar-refractivity contribution < 1.29 is 28.0 Å². The molecule has 1 amide bonds. The van der Waals surface area contributed by atoms with Crippen molar-refractivity contribution >= 4 is 22.7 Å². The van der Waals surface area contributed by atoms with Crippen LogP contribution in [0.2, 0.25) is 0 Å². The second-order valence-electron chi connectivity index (χ2n) is 5.63. The summed E-state index contributed by atoms with van der Waals surface area (Å²) in [5.74, 6) is 0.289. The molecule has 150 valence electrons. The zero-order valence-electron chi connectivity index (χ0n) is 15.8. The van der Waals surface area contributed by atoms with Crippen LogP contribution in [0.25, 0.3) is 0 Å². The summed E-state index contributed by atoms with van der Waals surface area (Å²) in [6, 6.07) is 13.6. The van der Waals surface area contributed by atoms with Gasteiger partial charge in [-0.15, -0.1) is 0 Å². The third-order valence-electron chi connectivity index (χ3n) is 3.58. The summed E-state index contributed by atoms with van der Waals surface area (Å²) < 4.78 is 27.5. The third kappa shape index (κ3) is 6.70. The number of rotatable bonds is 10. The van der Waals surface area contributed by atoms with Crippen LogP contribution in [0.4, 0.5) is 0 Å². The van der Waals surface area contributed by atoms with Crippen LogP contribution < -0.4 is 14.8 Å². The summed E-state index contributed by atoms with van der Waals surface area (Å²) in [5, 5.41) is 2.60. The molecule has 0 radical (unpaired) electrons. The van der Waals surface area contributed by atoms with Crippen LogP contribution in [-0.4, -0.2) is 48.7 Å². The Morgan fingerprint density at radius 3 is 2.29 bits per heavy atom. The van der Waals surface area contributed by atoms with Gasteiger partial charge in [-0.1, -0.05) is 12.1 Å². The Labute approximate surface area is 166 Å². The number of carbonyl (C=O) groups is 2. The Bertz CT molecular complexity index is 822. The molecule has 2 aromatic carbocycles. The van der Waals surface area contributed by atoms with E-state index in [4.69, 9.17) is 14.2 Å². The molecule has 0 bridgehead atoms. The van der Waals surface area contributed by atoms with E-state index in [-0.39, 0.29) is 18.7 Å². The molecule has 0 spiro atoms. The van der Waals surface area contributed by atoms with Crippen LogP contribution in [0, 0.1) is 0 Å².